The SMILES string of the molecule is CCN(CC(=O)N1CCCC(O)(Cc2nncn2C)C1)C1CC1. The molecule has 2 fully saturated rings. The van der Waals surface area contributed by atoms with Crippen molar-refractivity contribution in [1.82, 2.24) is 24.6 Å². The first kappa shape index (κ1) is 16.4. The number of hydrogen-bond donors (Lipinski definition) is 1. The van der Waals surface area contributed by atoms with Crippen molar-refractivity contribution in [1.29, 1.82) is 0 Å². The van der Waals surface area contributed by atoms with Gasteiger partial charge in [-0.15, -0.1) is 10.2 Å². The van der Waals surface area contributed by atoms with Gasteiger partial charge < -0.3 is 14.6 Å². The van der Waals surface area contributed by atoms with Crippen molar-refractivity contribution in [3.05, 3.63) is 12.2 Å². The van der Waals surface area contributed by atoms with E-state index in [4.69, 9.17) is 0 Å². The van der Waals surface area contributed by atoms with E-state index in [9.17, 15) is 9.90 Å². The molecule has 1 saturated carbocycles. The Morgan fingerprint density at radius 3 is 2.91 bits per heavy atom. The van der Waals surface area contributed by atoms with Crippen molar-refractivity contribution in [2.45, 2.75) is 50.7 Å². The second-order valence-corrected chi connectivity index (χ2v) is 6.97. The fraction of sp³-hybridized carbons (Fsp3) is 0.812. The molecule has 1 atom stereocenters. The molecule has 2 aliphatic rings. The summed E-state index contributed by atoms with van der Waals surface area (Å²) in [5.41, 5.74) is -0.897. The van der Waals surface area contributed by atoms with Crippen LogP contribution in [0.1, 0.15) is 38.4 Å². The summed E-state index contributed by atoms with van der Waals surface area (Å²) in [5.74, 6) is 0.893. The van der Waals surface area contributed by atoms with Gasteiger partial charge in [-0.25, -0.2) is 0 Å². The number of amides is 1. The van der Waals surface area contributed by atoms with E-state index in [1.807, 2.05) is 16.5 Å². The Morgan fingerprint density at radius 1 is 1.52 bits per heavy atom. The molecule has 1 saturated heterocycles. The fourth-order valence-electron chi connectivity index (χ4n) is 3.44. The van der Waals surface area contributed by atoms with E-state index >= 15 is 0 Å². The van der Waals surface area contributed by atoms with Crippen molar-refractivity contribution in [3.8, 4) is 0 Å². The highest BCUT2D eigenvalue weighted by atomic mass is 16.3. The minimum absolute atomic E-state index is 0.134. The molecular formula is C16H27N5O2. The average Bonchev–Trinajstić information content (AvgIpc) is 3.29. The third kappa shape index (κ3) is 3.90. The molecule has 3 rings (SSSR count). The second kappa shape index (κ2) is 6.57. The number of likely N-dealkylation sites (tertiary alicyclic amines) is 1. The third-order valence-corrected chi connectivity index (χ3v) is 5.01. The standard InChI is InChI=1S/C16H27N5O2/c1-3-20(13-5-6-13)10-15(22)21-8-4-7-16(23,11-21)9-14-18-17-12-19(14)2/h12-13,23H,3-11H2,1-2H3. The largest absolute Gasteiger partial charge is 0.388 e. The number of aliphatic hydroxyl groups is 1. The summed E-state index contributed by atoms with van der Waals surface area (Å²) in [6.45, 7) is 4.62. The summed E-state index contributed by atoms with van der Waals surface area (Å²) in [5, 5.41) is 18.8. The highest BCUT2D eigenvalue weighted by Gasteiger charge is 2.37. The van der Waals surface area contributed by atoms with Crippen LogP contribution in [0.5, 0.6) is 0 Å². The lowest BCUT2D eigenvalue weighted by atomic mass is 9.89. The molecule has 7 heteroatoms. The van der Waals surface area contributed by atoms with Gasteiger partial charge in [-0.1, -0.05) is 6.92 Å². The first-order valence-electron chi connectivity index (χ1n) is 8.58. The molecule has 1 aromatic rings. The highest BCUT2D eigenvalue weighted by Crippen LogP contribution is 2.28. The molecule has 2 heterocycles. The van der Waals surface area contributed by atoms with Crippen molar-refractivity contribution < 1.29 is 9.90 Å². The zero-order valence-electron chi connectivity index (χ0n) is 14.1. The van der Waals surface area contributed by atoms with Gasteiger partial charge in [0.05, 0.1) is 12.1 Å². The van der Waals surface area contributed by atoms with Crippen molar-refractivity contribution in [3.63, 3.8) is 0 Å². The molecular weight excluding hydrogens is 294 g/mol. The molecule has 128 valence electrons. The van der Waals surface area contributed by atoms with Gasteiger partial charge in [-0.3, -0.25) is 9.69 Å². The number of aromatic nitrogens is 3. The number of carbonyl (C=O) groups excluding carboxylic acids is 1. The molecule has 1 aliphatic carbocycles. The summed E-state index contributed by atoms with van der Waals surface area (Å²) >= 11 is 0. The van der Waals surface area contributed by atoms with E-state index in [0.29, 0.717) is 32.0 Å². The first-order valence-corrected chi connectivity index (χ1v) is 8.58. The monoisotopic (exact) mass is 321 g/mol. The molecule has 0 bridgehead atoms. The molecule has 1 amide bonds. The number of carbonyl (C=O) groups is 1. The Labute approximate surface area is 137 Å². The summed E-state index contributed by atoms with van der Waals surface area (Å²) in [4.78, 5) is 16.7. The normalized spacial score (nSPS) is 25.1. The molecule has 1 aromatic heterocycles. The lowest BCUT2D eigenvalue weighted by Crippen LogP contribution is -2.53. The van der Waals surface area contributed by atoms with Crippen LogP contribution in [0.3, 0.4) is 0 Å². The molecule has 1 unspecified atom stereocenters. The van der Waals surface area contributed by atoms with Crippen LogP contribution in [-0.4, -0.2) is 73.4 Å². The van der Waals surface area contributed by atoms with Crippen LogP contribution in [0, 0.1) is 0 Å². The van der Waals surface area contributed by atoms with Crippen LogP contribution in [-0.2, 0) is 18.3 Å². The Morgan fingerprint density at radius 2 is 2.30 bits per heavy atom. The minimum Gasteiger partial charge on any atom is -0.388 e. The van der Waals surface area contributed by atoms with E-state index in [-0.39, 0.29) is 5.91 Å². The van der Waals surface area contributed by atoms with Crippen LogP contribution < -0.4 is 0 Å². The molecule has 0 radical (unpaired) electrons. The summed E-state index contributed by atoms with van der Waals surface area (Å²) in [6, 6.07) is 0.589. The average molecular weight is 321 g/mol. The van der Waals surface area contributed by atoms with E-state index in [0.717, 1.165) is 25.3 Å². The van der Waals surface area contributed by atoms with Crippen molar-refractivity contribution in [2.75, 3.05) is 26.2 Å². The van der Waals surface area contributed by atoms with Gasteiger partial charge in [0.1, 0.15) is 12.2 Å². The zero-order chi connectivity index (χ0) is 16.4. The maximum absolute atomic E-state index is 12.6. The molecule has 1 aliphatic heterocycles. The second-order valence-electron chi connectivity index (χ2n) is 6.97. The number of likely N-dealkylation sites (N-methyl/N-ethyl adjacent to an activating group) is 1. The smallest absolute Gasteiger partial charge is 0.236 e. The maximum Gasteiger partial charge on any atom is 0.236 e. The van der Waals surface area contributed by atoms with E-state index in [1.165, 1.54) is 12.8 Å². The summed E-state index contributed by atoms with van der Waals surface area (Å²) in [7, 11) is 1.87. The first-order chi connectivity index (χ1) is 11.0. The van der Waals surface area contributed by atoms with Crippen molar-refractivity contribution >= 4 is 5.91 Å². The Kier molecular flexibility index (Phi) is 4.68. The predicted molar refractivity (Wildman–Crippen MR) is 85.7 cm³/mol. The van der Waals surface area contributed by atoms with Gasteiger partial charge in [0, 0.05) is 32.6 Å². The molecule has 7 nitrogen and oxygen atoms in total. The van der Waals surface area contributed by atoms with Gasteiger partial charge in [0.25, 0.3) is 0 Å². The number of aryl methyl sites for hydroxylation is 1. The Hall–Kier alpha value is -1.47. The topological polar surface area (TPSA) is 74.5 Å². The van der Waals surface area contributed by atoms with E-state index < -0.39 is 5.60 Å². The number of rotatable bonds is 6. The third-order valence-electron chi connectivity index (χ3n) is 5.01. The lowest BCUT2D eigenvalue weighted by molar-refractivity contribution is -0.139. The number of β-amino-alcohol motifs (C(OH)–C–C–N with tert-alkyl or cyclic N) is 1. The maximum atomic E-state index is 12.6. The number of nitrogens with zero attached hydrogens (tertiary/aromatic N) is 5. The van der Waals surface area contributed by atoms with Crippen LogP contribution in [0.15, 0.2) is 6.33 Å². The molecule has 1 N–H and O–H groups in total. The van der Waals surface area contributed by atoms with Gasteiger partial charge >= 0.3 is 0 Å². The molecule has 23 heavy (non-hydrogen) atoms. The van der Waals surface area contributed by atoms with Crippen LogP contribution >= 0.6 is 0 Å². The van der Waals surface area contributed by atoms with E-state index in [1.54, 1.807) is 6.33 Å². The highest BCUT2D eigenvalue weighted by molar-refractivity contribution is 5.78. The van der Waals surface area contributed by atoms with Crippen LogP contribution in [0.4, 0.5) is 0 Å². The van der Waals surface area contributed by atoms with Crippen LogP contribution in [0.2, 0.25) is 0 Å². The Balaban J connectivity index is 1.60. The fourth-order valence-corrected chi connectivity index (χ4v) is 3.44. The minimum atomic E-state index is -0.897. The van der Waals surface area contributed by atoms with E-state index in [2.05, 4.69) is 22.0 Å². The lowest BCUT2D eigenvalue weighted by Gasteiger charge is -2.39. The van der Waals surface area contributed by atoms with Gasteiger partial charge in [-0.05, 0) is 32.2 Å². The van der Waals surface area contributed by atoms with Gasteiger partial charge in [0.2, 0.25) is 5.91 Å². The zero-order valence-corrected chi connectivity index (χ0v) is 14.1. The quantitative estimate of drug-likeness (QED) is 0.810. The van der Waals surface area contributed by atoms with Gasteiger partial charge in [-0.2, -0.15) is 0 Å². The van der Waals surface area contributed by atoms with Gasteiger partial charge in [0.15, 0.2) is 0 Å². The number of piperidine rings is 1. The number of hydrogen-bond acceptors (Lipinski definition) is 5. The summed E-state index contributed by atoms with van der Waals surface area (Å²) < 4.78 is 1.82. The Bertz CT molecular complexity index is 556. The predicted octanol–water partition coefficient (Wildman–Crippen LogP) is 0.195. The van der Waals surface area contributed by atoms with Crippen molar-refractivity contribution in [2.24, 2.45) is 7.05 Å². The van der Waals surface area contributed by atoms with Crippen LogP contribution in [0.25, 0.3) is 0 Å². The molecule has 0 spiro atoms. The summed E-state index contributed by atoms with van der Waals surface area (Å²) in [6.07, 6.45) is 6.01. The molecule has 0 aromatic carbocycles.